The van der Waals surface area contributed by atoms with Crippen molar-refractivity contribution < 1.29 is 9.53 Å². The summed E-state index contributed by atoms with van der Waals surface area (Å²) in [6, 6.07) is -0.523. The van der Waals surface area contributed by atoms with E-state index in [0.29, 0.717) is 5.75 Å². The summed E-state index contributed by atoms with van der Waals surface area (Å²) < 4.78 is 4.60. The van der Waals surface area contributed by atoms with E-state index < -0.39 is 6.04 Å². The largest absolute Gasteiger partial charge is 0.468 e. The van der Waals surface area contributed by atoms with Gasteiger partial charge in [-0.2, -0.15) is 11.8 Å². The van der Waals surface area contributed by atoms with Crippen LogP contribution in [0.15, 0.2) is 34.9 Å². The maximum Gasteiger partial charge on any atom is 0.323 e. The van der Waals surface area contributed by atoms with Crippen LogP contribution >= 0.6 is 11.8 Å². The average Bonchev–Trinajstić information content (AvgIpc) is 2.50. The molecule has 0 fully saturated rings. The highest BCUT2D eigenvalue weighted by atomic mass is 32.2. The van der Waals surface area contributed by atoms with Crippen LogP contribution in [0.5, 0.6) is 0 Å². The normalized spacial score (nSPS) is 13.7. The highest BCUT2D eigenvalue weighted by Crippen LogP contribution is 2.12. The number of nitrogens with two attached hydrogens (primary N) is 1. The number of hydrogen-bond donors (Lipinski definition) is 1. The van der Waals surface area contributed by atoms with Crippen LogP contribution in [0.4, 0.5) is 0 Å². The summed E-state index contributed by atoms with van der Waals surface area (Å²) in [5.41, 5.74) is 9.93. The number of carbonyl (C=O) groups excluding carboxylic acids is 1. The van der Waals surface area contributed by atoms with Gasteiger partial charge in [0.25, 0.3) is 0 Å². The molecule has 0 rings (SSSR count). The fourth-order valence-electron chi connectivity index (χ4n) is 1.95. The standard InChI is InChI=1S/C19H33NO2S/c1-15(2)8-6-9-16(3)10-7-11-17(4)12-13-23-14-18(20)19(21)22-5/h8,10,12,18H,6-7,9,11,13-14,20H2,1-5H3/b16-10+,17-12+. The Kier molecular flexibility index (Phi) is 12.9. The fourth-order valence-corrected chi connectivity index (χ4v) is 2.88. The molecule has 0 aromatic heterocycles. The van der Waals surface area contributed by atoms with Crippen molar-refractivity contribution in [1.82, 2.24) is 0 Å². The number of rotatable bonds is 11. The van der Waals surface area contributed by atoms with Gasteiger partial charge in [0.15, 0.2) is 0 Å². The van der Waals surface area contributed by atoms with E-state index in [0.717, 1.165) is 31.4 Å². The molecule has 0 heterocycles. The fraction of sp³-hybridized carbons (Fsp3) is 0.632. The molecule has 0 spiro atoms. The van der Waals surface area contributed by atoms with Crippen molar-refractivity contribution in [1.29, 1.82) is 0 Å². The molecule has 0 saturated heterocycles. The molecule has 0 aromatic carbocycles. The van der Waals surface area contributed by atoms with Gasteiger partial charge in [0.1, 0.15) is 6.04 Å². The summed E-state index contributed by atoms with van der Waals surface area (Å²) in [7, 11) is 1.37. The summed E-state index contributed by atoms with van der Waals surface area (Å²) in [4.78, 5) is 11.2. The number of carbonyl (C=O) groups is 1. The molecule has 23 heavy (non-hydrogen) atoms. The third-order valence-electron chi connectivity index (χ3n) is 3.47. The second kappa shape index (κ2) is 13.4. The zero-order valence-electron chi connectivity index (χ0n) is 15.4. The molecule has 0 aliphatic heterocycles. The average molecular weight is 340 g/mol. The minimum Gasteiger partial charge on any atom is -0.468 e. The van der Waals surface area contributed by atoms with Crippen LogP contribution < -0.4 is 5.73 Å². The van der Waals surface area contributed by atoms with E-state index in [-0.39, 0.29) is 5.97 Å². The van der Waals surface area contributed by atoms with E-state index in [2.05, 4.69) is 50.7 Å². The summed E-state index contributed by atoms with van der Waals surface area (Å²) in [5.74, 6) is 1.14. The molecular weight excluding hydrogens is 306 g/mol. The van der Waals surface area contributed by atoms with E-state index in [4.69, 9.17) is 5.73 Å². The predicted molar refractivity (Wildman–Crippen MR) is 103 cm³/mol. The van der Waals surface area contributed by atoms with Gasteiger partial charge in [-0.05, 0) is 53.4 Å². The first-order valence-electron chi connectivity index (χ1n) is 8.22. The number of hydrogen-bond acceptors (Lipinski definition) is 4. The molecule has 0 bridgehead atoms. The third kappa shape index (κ3) is 13.2. The van der Waals surface area contributed by atoms with Crippen LogP contribution in [0.2, 0.25) is 0 Å². The van der Waals surface area contributed by atoms with Crippen LogP contribution in [0.25, 0.3) is 0 Å². The Hall–Kier alpha value is -1.00. The molecule has 2 N–H and O–H groups in total. The molecule has 1 unspecified atom stereocenters. The second-order valence-electron chi connectivity index (χ2n) is 6.13. The van der Waals surface area contributed by atoms with Crippen molar-refractivity contribution in [2.75, 3.05) is 18.6 Å². The van der Waals surface area contributed by atoms with Gasteiger partial charge in [0, 0.05) is 11.5 Å². The van der Waals surface area contributed by atoms with Crippen LogP contribution in [-0.4, -0.2) is 30.6 Å². The van der Waals surface area contributed by atoms with Crippen molar-refractivity contribution in [3.63, 3.8) is 0 Å². The Labute approximate surface area is 146 Å². The lowest BCUT2D eigenvalue weighted by atomic mass is 10.1. The van der Waals surface area contributed by atoms with Gasteiger partial charge in [0.05, 0.1) is 7.11 Å². The second-order valence-corrected chi connectivity index (χ2v) is 7.20. The molecule has 0 saturated carbocycles. The van der Waals surface area contributed by atoms with E-state index in [9.17, 15) is 4.79 Å². The minimum absolute atomic E-state index is 0.341. The minimum atomic E-state index is -0.523. The number of methoxy groups -OCH3 is 1. The molecule has 0 radical (unpaired) electrons. The van der Waals surface area contributed by atoms with Crippen LogP contribution in [0.1, 0.15) is 53.4 Å². The highest BCUT2D eigenvalue weighted by molar-refractivity contribution is 7.99. The summed E-state index contributed by atoms with van der Waals surface area (Å²) in [5, 5.41) is 0. The third-order valence-corrected chi connectivity index (χ3v) is 4.47. The zero-order valence-corrected chi connectivity index (χ0v) is 16.2. The van der Waals surface area contributed by atoms with Crippen molar-refractivity contribution in [2.45, 2.75) is 59.4 Å². The lowest BCUT2D eigenvalue weighted by Gasteiger charge is -2.07. The van der Waals surface area contributed by atoms with Crippen molar-refractivity contribution in [2.24, 2.45) is 5.73 Å². The van der Waals surface area contributed by atoms with Gasteiger partial charge in [-0.15, -0.1) is 0 Å². The Balaban J connectivity index is 3.90. The molecule has 0 aromatic rings. The molecule has 132 valence electrons. The van der Waals surface area contributed by atoms with Gasteiger partial charge < -0.3 is 10.5 Å². The van der Waals surface area contributed by atoms with Crippen LogP contribution in [0.3, 0.4) is 0 Å². The monoisotopic (exact) mass is 339 g/mol. The lowest BCUT2D eigenvalue weighted by molar-refractivity contribution is -0.141. The SMILES string of the molecule is COC(=O)C(N)CSC/C=C(\C)CC/C=C(\C)CCC=C(C)C. The topological polar surface area (TPSA) is 52.3 Å². The van der Waals surface area contributed by atoms with Gasteiger partial charge >= 0.3 is 5.97 Å². The Bertz CT molecular complexity index is 435. The van der Waals surface area contributed by atoms with Crippen molar-refractivity contribution in [3.8, 4) is 0 Å². The number of esters is 1. The van der Waals surface area contributed by atoms with Crippen molar-refractivity contribution >= 4 is 17.7 Å². The van der Waals surface area contributed by atoms with Crippen LogP contribution in [-0.2, 0) is 9.53 Å². The molecule has 0 amide bonds. The quantitative estimate of drug-likeness (QED) is 0.338. The molecule has 3 nitrogen and oxygen atoms in total. The van der Waals surface area contributed by atoms with Crippen molar-refractivity contribution in [3.05, 3.63) is 34.9 Å². The maximum absolute atomic E-state index is 11.2. The van der Waals surface area contributed by atoms with E-state index in [1.165, 1.54) is 23.8 Å². The predicted octanol–water partition coefficient (Wildman–Crippen LogP) is 4.64. The zero-order chi connectivity index (χ0) is 17.7. The smallest absolute Gasteiger partial charge is 0.323 e. The summed E-state index contributed by atoms with van der Waals surface area (Å²) >= 11 is 1.66. The maximum atomic E-state index is 11.2. The molecule has 0 aliphatic rings. The Morgan fingerprint density at radius 1 is 1.04 bits per heavy atom. The molecule has 4 heteroatoms. The Morgan fingerprint density at radius 3 is 2.17 bits per heavy atom. The van der Waals surface area contributed by atoms with Gasteiger partial charge in [0.2, 0.25) is 0 Å². The highest BCUT2D eigenvalue weighted by Gasteiger charge is 2.12. The first kappa shape index (κ1) is 22.0. The van der Waals surface area contributed by atoms with Gasteiger partial charge in [-0.25, -0.2) is 0 Å². The number of allylic oxidation sites excluding steroid dienone is 5. The first-order chi connectivity index (χ1) is 10.9. The Morgan fingerprint density at radius 2 is 1.61 bits per heavy atom. The first-order valence-corrected chi connectivity index (χ1v) is 9.38. The van der Waals surface area contributed by atoms with Gasteiger partial charge in [-0.3, -0.25) is 4.79 Å². The summed E-state index contributed by atoms with van der Waals surface area (Å²) in [6.45, 7) is 8.65. The number of ether oxygens (including phenoxy) is 1. The van der Waals surface area contributed by atoms with Gasteiger partial charge in [-0.1, -0.05) is 34.9 Å². The summed E-state index contributed by atoms with van der Waals surface area (Å²) in [6.07, 6.45) is 11.3. The lowest BCUT2D eigenvalue weighted by Crippen LogP contribution is -2.33. The van der Waals surface area contributed by atoms with Crippen LogP contribution in [0, 0.1) is 0 Å². The molecule has 1 atom stereocenters. The van der Waals surface area contributed by atoms with E-state index >= 15 is 0 Å². The molecule has 0 aliphatic carbocycles. The number of thioether (sulfide) groups is 1. The van der Waals surface area contributed by atoms with E-state index in [1.54, 1.807) is 11.8 Å². The molecular formula is C19H33NO2S. The van der Waals surface area contributed by atoms with E-state index in [1.807, 2.05) is 0 Å².